The molecule has 1 saturated heterocycles. The fourth-order valence-corrected chi connectivity index (χ4v) is 9.76. The average molecular weight is 469 g/mol. The quantitative estimate of drug-likeness (QED) is 0.559. The molecule has 3 unspecified atom stereocenters. The number of hydrogen-bond donors (Lipinski definition) is 1. The minimum atomic E-state index is -0.243. The Morgan fingerprint density at radius 1 is 0.941 bits per heavy atom. The molecule has 34 heavy (non-hydrogen) atoms. The molecule has 0 radical (unpaired) electrons. The molecule has 4 aliphatic carbocycles. The standard InChI is InChI=1S/C30H44O4/c1-21(32-20-22-5-3-2-4-6-22)27-9-10-28-26-8-7-23-19-30(33-17-18-34-30)14-12-24(23)25(26)11-13-29(27,28)15-16-31/h2-6,21,23-28,31H,7-20H2,1H3/t21?,23-,24+,25-,26?,27-,28+,29?/m1/s1. The van der Waals surface area contributed by atoms with E-state index in [9.17, 15) is 5.11 Å². The van der Waals surface area contributed by atoms with Crippen molar-refractivity contribution in [3.8, 4) is 0 Å². The summed E-state index contributed by atoms with van der Waals surface area (Å²) in [7, 11) is 0. The predicted molar refractivity (Wildman–Crippen MR) is 132 cm³/mol. The van der Waals surface area contributed by atoms with E-state index in [0.717, 1.165) is 62.1 Å². The van der Waals surface area contributed by atoms with Crippen molar-refractivity contribution in [2.75, 3.05) is 19.8 Å². The van der Waals surface area contributed by atoms with E-state index in [-0.39, 0.29) is 17.3 Å². The predicted octanol–water partition coefficient (Wildman–Crippen LogP) is 5.97. The van der Waals surface area contributed by atoms with Gasteiger partial charge in [0.15, 0.2) is 5.79 Å². The van der Waals surface area contributed by atoms with E-state index in [4.69, 9.17) is 14.2 Å². The van der Waals surface area contributed by atoms with Crippen molar-refractivity contribution in [2.45, 2.75) is 89.6 Å². The number of ether oxygens (including phenoxy) is 3. The molecule has 0 aromatic heterocycles. The zero-order valence-corrected chi connectivity index (χ0v) is 21.0. The van der Waals surface area contributed by atoms with Crippen molar-refractivity contribution in [1.82, 2.24) is 0 Å². The van der Waals surface area contributed by atoms with E-state index < -0.39 is 0 Å². The molecule has 5 fully saturated rings. The topological polar surface area (TPSA) is 47.9 Å². The van der Waals surface area contributed by atoms with Gasteiger partial charge in [0.05, 0.1) is 25.9 Å². The summed E-state index contributed by atoms with van der Waals surface area (Å²) in [6.07, 6.45) is 12.6. The molecule has 8 atom stereocenters. The lowest BCUT2D eigenvalue weighted by Crippen LogP contribution is -2.53. The molecule has 1 aromatic carbocycles. The molecular formula is C30H44O4. The van der Waals surface area contributed by atoms with Crippen molar-refractivity contribution < 1.29 is 19.3 Å². The maximum atomic E-state index is 10.2. The van der Waals surface area contributed by atoms with Gasteiger partial charge >= 0.3 is 0 Å². The summed E-state index contributed by atoms with van der Waals surface area (Å²) < 4.78 is 18.7. The molecule has 4 nitrogen and oxygen atoms in total. The Labute approximate surface area is 205 Å². The first kappa shape index (κ1) is 23.5. The second-order valence-corrected chi connectivity index (χ2v) is 12.2. The number of fused-ring (bicyclic) bond motifs is 5. The van der Waals surface area contributed by atoms with E-state index in [1.807, 2.05) is 0 Å². The van der Waals surface area contributed by atoms with Crippen LogP contribution in [-0.4, -0.2) is 36.8 Å². The summed E-state index contributed by atoms with van der Waals surface area (Å²) in [5.41, 5.74) is 1.53. The van der Waals surface area contributed by atoms with Gasteiger partial charge in [-0.05, 0) is 105 Å². The van der Waals surface area contributed by atoms with E-state index in [1.54, 1.807) is 0 Å². The Kier molecular flexibility index (Phi) is 6.55. The summed E-state index contributed by atoms with van der Waals surface area (Å²) in [5.74, 6) is 4.44. The van der Waals surface area contributed by atoms with Crippen LogP contribution in [0.25, 0.3) is 0 Å². The monoisotopic (exact) mass is 468 g/mol. The van der Waals surface area contributed by atoms with Crippen LogP contribution < -0.4 is 0 Å². The first-order valence-electron chi connectivity index (χ1n) is 14.2. The molecule has 4 saturated carbocycles. The molecule has 1 N–H and O–H groups in total. The molecule has 0 amide bonds. The van der Waals surface area contributed by atoms with Crippen LogP contribution in [0.1, 0.15) is 76.7 Å². The maximum absolute atomic E-state index is 10.2. The lowest BCUT2D eigenvalue weighted by molar-refractivity contribution is -0.210. The molecule has 5 aliphatic rings. The van der Waals surface area contributed by atoms with E-state index in [0.29, 0.717) is 19.1 Å². The minimum Gasteiger partial charge on any atom is -0.396 e. The maximum Gasteiger partial charge on any atom is 0.168 e. The second-order valence-electron chi connectivity index (χ2n) is 12.2. The van der Waals surface area contributed by atoms with Crippen LogP contribution >= 0.6 is 0 Å². The molecule has 188 valence electrons. The highest BCUT2D eigenvalue weighted by Gasteiger charge is 2.60. The highest BCUT2D eigenvalue weighted by Crippen LogP contribution is 2.66. The zero-order valence-electron chi connectivity index (χ0n) is 21.0. The summed E-state index contributed by atoms with van der Waals surface area (Å²) in [4.78, 5) is 0. The van der Waals surface area contributed by atoms with Gasteiger partial charge in [-0.3, -0.25) is 0 Å². The van der Waals surface area contributed by atoms with Crippen molar-refractivity contribution in [1.29, 1.82) is 0 Å². The molecule has 1 heterocycles. The van der Waals surface area contributed by atoms with E-state index >= 15 is 0 Å². The summed E-state index contributed by atoms with van der Waals surface area (Å²) in [6.45, 7) is 4.88. The fourth-order valence-electron chi connectivity index (χ4n) is 9.76. The lowest BCUT2D eigenvalue weighted by atomic mass is 9.48. The summed E-state index contributed by atoms with van der Waals surface area (Å²) in [6, 6.07) is 10.6. The lowest BCUT2D eigenvalue weighted by Gasteiger charge is -2.58. The highest BCUT2D eigenvalue weighted by atomic mass is 16.7. The normalized spacial score (nSPS) is 41.6. The van der Waals surface area contributed by atoms with Gasteiger partial charge in [-0.25, -0.2) is 0 Å². The van der Waals surface area contributed by atoms with Crippen LogP contribution in [0.5, 0.6) is 0 Å². The molecule has 4 heteroatoms. The van der Waals surface area contributed by atoms with E-state index in [1.165, 1.54) is 50.5 Å². The third kappa shape index (κ3) is 3.97. The van der Waals surface area contributed by atoms with Crippen molar-refractivity contribution in [3.05, 3.63) is 35.9 Å². The number of benzene rings is 1. The number of hydrogen-bond acceptors (Lipinski definition) is 4. The molecular weight excluding hydrogens is 424 g/mol. The molecule has 1 aromatic rings. The third-order valence-electron chi connectivity index (χ3n) is 11.0. The highest BCUT2D eigenvalue weighted by molar-refractivity contribution is 5.14. The Bertz CT molecular complexity index is 820. The number of aliphatic hydroxyl groups excluding tert-OH is 1. The summed E-state index contributed by atoms with van der Waals surface area (Å²) in [5, 5.41) is 10.2. The Hall–Kier alpha value is -0.940. The van der Waals surface area contributed by atoms with Crippen LogP contribution in [0.4, 0.5) is 0 Å². The first-order valence-corrected chi connectivity index (χ1v) is 14.2. The van der Waals surface area contributed by atoms with Gasteiger partial charge < -0.3 is 19.3 Å². The largest absolute Gasteiger partial charge is 0.396 e. The third-order valence-corrected chi connectivity index (χ3v) is 11.0. The second kappa shape index (κ2) is 9.50. The van der Waals surface area contributed by atoms with Crippen molar-refractivity contribution in [2.24, 2.45) is 40.9 Å². The van der Waals surface area contributed by atoms with Crippen molar-refractivity contribution in [3.63, 3.8) is 0 Å². The van der Waals surface area contributed by atoms with Crippen LogP contribution in [0.15, 0.2) is 30.3 Å². The molecule has 6 rings (SSSR count). The van der Waals surface area contributed by atoms with Crippen LogP contribution in [0.2, 0.25) is 0 Å². The number of aliphatic hydroxyl groups is 1. The molecule has 1 spiro atoms. The van der Waals surface area contributed by atoms with Gasteiger partial charge in [-0.15, -0.1) is 0 Å². The van der Waals surface area contributed by atoms with Gasteiger partial charge in [0, 0.05) is 19.4 Å². The van der Waals surface area contributed by atoms with Crippen LogP contribution in [-0.2, 0) is 20.8 Å². The van der Waals surface area contributed by atoms with Gasteiger partial charge in [0.25, 0.3) is 0 Å². The van der Waals surface area contributed by atoms with Gasteiger partial charge in [0.2, 0.25) is 0 Å². The Morgan fingerprint density at radius 2 is 1.74 bits per heavy atom. The zero-order chi connectivity index (χ0) is 23.2. The van der Waals surface area contributed by atoms with Crippen LogP contribution in [0, 0.1) is 40.9 Å². The SMILES string of the molecule is CC(OCc1ccccc1)[C@H]1CC[C@H]2C3CC[C@@H]4CC5(CC[C@@H]4[C@H]3CCC12CCO)OCCO5. The fraction of sp³-hybridized carbons (Fsp3) is 0.800. The van der Waals surface area contributed by atoms with Gasteiger partial charge in [-0.2, -0.15) is 0 Å². The summed E-state index contributed by atoms with van der Waals surface area (Å²) >= 11 is 0. The minimum absolute atomic E-state index is 0.243. The van der Waals surface area contributed by atoms with E-state index in [2.05, 4.69) is 37.3 Å². The van der Waals surface area contributed by atoms with Crippen LogP contribution in [0.3, 0.4) is 0 Å². The van der Waals surface area contributed by atoms with Crippen molar-refractivity contribution >= 4 is 0 Å². The Balaban J connectivity index is 1.16. The average Bonchev–Trinajstić information content (AvgIpc) is 3.48. The first-order chi connectivity index (χ1) is 16.6. The number of rotatable bonds is 6. The Morgan fingerprint density at radius 3 is 2.53 bits per heavy atom. The smallest absolute Gasteiger partial charge is 0.168 e. The molecule has 1 aliphatic heterocycles. The van der Waals surface area contributed by atoms with Gasteiger partial charge in [0.1, 0.15) is 0 Å². The van der Waals surface area contributed by atoms with Gasteiger partial charge in [-0.1, -0.05) is 30.3 Å². The molecule has 0 bridgehead atoms.